The molecular formula is C15H20FN3O2. The van der Waals surface area contributed by atoms with Gasteiger partial charge in [0.1, 0.15) is 5.82 Å². The third kappa shape index (κ3) is 5.15. The summed E-state index contributed by atoms with van der Waals surface area (Å²) >= 11 is 0. The summed E-state index contributed by atoms with van der Waals surface area (Å²) in [5.74, 6) is -0.897. The van der Waals surface area contributed by atoms with E-state index < -0.39 is 5.82 Å². The maximum Gasteiger partial charge on any atom is 0.238 e. The smallest absolute Gasteiger partial charge is 0.238 e. The molecule has 1 aliphatic rings. The maximum atomic E-state index is 13.6. The van der Waals surface area contributed by atoms with Crippen molar-refractivity contribution in [2.24, 2.45) is 0 Å². The molecule has 6 heteroatoms. The van der Waals surface area contributed by atoms with Gasteiger partial charge >= 0.3 is 0 Å². The van der Waals surface area contributed by atoms with E-state index in [1.807, 2.05) is 0 Å². The highest BCUT2D eigenvalue weighted by Crippen LogP contribution is 2.18. The number of benzene rings is 1. The van der Waals surface area contributed by atoms with Gasteiger partial charge in [0.05, 0.1) is 18.8 Å². The van der Waals surface area contributed by atoms with Gasteiger partial charge in [-0.15, -0.1) is 0 Å². The second kappa shape index (κ2) is 6.67. The van der Waals surface area contributed by atoms with E-state index in [-0.39, 0.29) is 30.6 Å². The van der Waals surface area contributed by atoms with Crippen molar-refractivity contribution in [3.05, 3.63) is 29.6 Å². The molecular weight excluding hydrogens is 273 g/mol. The number of amides is 2. The van der Waals surface area contributed by atoms with Crippen molar-refractivity contribution in [3.8, 4) is 0 Å². The van der Waals surface area contributed by atoms with Crippen LogP contribution in [0, 0.1) is 12.7 Å². The maximum absolute atomic E-state index is 13.6. The lowest BCUT2D eigenvalue weighted by Gasteiger charge is -2.16. The van der Waals surface area contributed by atoms with Crippen LogP contribution in [-0.4, -0.2) is 42.9 Å². The fourth-order valence-corrected chi connectivity index (χ4v) is 1.96. The van der Waals surface area contributed by atoms with Crippen molar-refractivity contribution in [1.29, 1.82) is 0 Å². The molecule has 0 saturated heterocycles. The zero-order valence-electron chi connectivity index (χ0n) is 12.3. The van der Waals surface area contributed by atoms with Gasteiger partial charge < -0.3 is 10.6 Å². The Morgan fingerprint density at radius 1 is 1.29 bits per heavy atom. The van der Waals surface area contributed by atoms with E-state index in [0.29, 0.717) is 6.04 Å². The minimum absolute atomic E-state index is 0.0331. The Hall–Kier alpha value is -1.95. The van der Waals surface area contributed by atoms with Gasteiger partial charge in [-0.2, -0.15) is 0 Å². The third-order valence-corrected chi connectivity index (χ3v) is 3.17. The van der Waals surface area contributed by atoms with Crippen LogP contribution in [0.1, 0.15) is 18.4 Å². The Morgan fingerprint density at radius 3 is 2.57 bits per heavy atom. The zero-order chi connectivity index (χ0) is 15.4. The predicted molar refractivity (Wildman–Crippen MR) is 78.4 cm³/mol. The van der Waals surface area contributed by atoms with Crippen molar-refractivity contribution in [1.82, 2.24) is 10.2 Å². The molecule has 2 N–H and O–H groups in total. The lowest BCUT2D eigenvalue weighted by Crippen LogP contribution is -2.39. The monoisotopic (exact) mass is 293 g/mol. The topological polar surface area (TPSA) is 61.4 Å². The van der Waals surface area contributed by atoms with Gasteiger partial charge in [-0.3, -0.25) is 14.5 Å². The number of aryl methyl sites for hydroxylation is 1. The van der Waals surface area contributed by atoms with Crippen LogP contribution in [0.15, 0.2) is 18.2 Å². The number of nitrogens with one attached hydrogen (secondary N) is 2. The van der Waals surface area contributed by atoms with Crippen LogP contribution in [0.5, 0.6) is 0 Å². The molecule has 1 fully saturated rings. The predicted octanol–water partition coefficient (Wildman–Crippen LogP) is 1.28. The first-order valence-corrected chi connectivity index (χ1v) is 6.98. The standard InChI is InChI=1S/C15H20FN3O2/c1-10-3-6-13(12(16)7-10)18-15(21)9-19(2)8-14(20)17-11-4-5-11/h3,6-7,11H,4-5,8-9H2,1-2H3,(H,17,20)(H,18,21). The number of hydrogen-bond donors (Lipinski definition) is 2. The number of anilines is 1. The molecule has 0 radical (unpaired) electrons. The quantitative estimate of drug-likeness (QED) is 0.830. The number of carbonyl (C=O) groups is 2. The molecule has 0 unspecified atom stereocenters. The summed E-state index contributed by atoms with van der Waals surface area (Å²) in [5, 5.41) is 5.36. The van der Waals surface area contributed by atoms with E-state index in [1.165, 1.54) is 12.1 Å². The summed E-state index contributed by atoms with van der Waals surface area (Å²) in [6.07, 6.45) is 2.06. The van der Waals surface area contributed by atoms with Crippen molar-refractivity contribution in [3.63, 3.8) is 0 Å². The number of hydrogen-bond acceptors (Lipinski definition) is 3. The summed E-state index contributed by atoms with van der Waals surface area (Å²) in [6, 6.07) is 4.93. The van der Waals surface area contributed by atoms with Gasteiger partial charge in [0.15, 0.2) is 0 Å². The Morgan fingerprint density at radius 2 is 1.95 bits per heavy atom. The third-order valence-electron chi connectivity index (χ3n) is 3.17. The van der Waals surface area contributed by atoms with Crippen molar-refractivity contribution < 1.29 is 14.0 Å². The number of halogens is 1. The molecule has 0 bridgehead atoms. The summed E-state index contributed by atoms with van der Waals surface area (Å²) < 4.78 is 13.6. The highest BCUT2D eigenvalue weighted by molar-refractivity contribution is 5.92. The van der Waals surface area contributed by atoms with E-state index in [2.05, 4.69) is 10.6 Å². The fourth-order valence-electron chi connectivity index (χ4n) is 1.96. The minimum atomic E-state index is -0.461. The van der Waals surface area contributed by atoms with Crippen molar-refractivity contribution in [2.45, 2.75) is 25.8 Å². The molecule has 0 aromatic heterocycles. The van der Waals surface area contributed by atoms with Crippen LogP contribution < -0.4 is 10.6 Å². The van der Waals surface area contributed by atoms with E-state index in [0.717, 1.165) is 18.4 Å². The van der Waals surface area contributed by atoms with Crippen molar-refractivity contribution >= 4 is 17.5 Å². The second-order valence-corrected chi connectivity index (χ2v) is 5.55. The van der Waals surface area contributed by atoms with Gasteiger partial charge in [-0.05, 0) is 44.5 Å². The van der Waals surface area contributed by atoms with Gasteiger partial charge in [0, 0.05) is 6.04 Å². The molecule has 1 aliphatic carbocycles. The summed E-state index contributed by atoms with van der Waals surface area (Å²) in [7, 11) is 1.68. The average Bonchev–Trinajstić information content (AvgIpc) is 3.16. The molecule has 0 aliphatic heterocycles. The number of carbonyl (C=O) groups excluding carboxylic acids is 2. The molecule has 5 nitrogen and oxygen atoms in total. The molecule has 0 spiro atoms. The van der Waals surface area contributed by atoms with Crippen molar-refractivity contribution in [2.75, 3.05) is 25.5 Å². The Labute approximate surface area is 123 Å². The molecule has 1 aromatic carbocycles. The van der Waals surface area contributed by atoms with Crippen LogP contribution in [0.3, 0.4) is 0 Å². The number of nitrogens with zero attached hydrogens (tertiary/aromatic N) is 1. The highest BCUT2D eigenvalue weighted by atomic mass is 19.1. The SMILES string of the molecule is Cc1ccc(NC(=O)CN(C)CC(=O)NC2CC2)c(F)c1. The zero-order valence-corrected chi connectivity index (χ0v) is 12.3. The normalized spacial score (nSPS) is 14.1. The van der Waals surface area contributed by atoms with Gasteiger partial charge in [0.25, 0.3) is 0 Å². The first kappa shape index (κ1) is 15.4. The van der Waals surface area contributed by atoms with E-state index in [1.54, 1.807) is 24.9 Å². The lowest BCUT2D eigenvalue weighted by atomic mass is 10.2. The summed E-state index contributed by atoms with van der Waals surface area (Å²) in [5.41, 5.74) is 0.945. The van der Waals surface area contributed by atoms with Crippen LogP contribution in [-0.2, 0) is 9.59 Å². The minimum Gasteiger partial charge on any atom is -0.352 e. The summed E-state index contributed by atoms with van der Waals surface area (Å²) in [6.45, 7) is 1.96. The molecule has 0 heterocycles. The van der Waals surface area contributed by atoms with E-state index >= 15 is 0 Å². The molecule has 1 aromatic rings. The Kier molecular flexibility index (Phi) is 4.90. The van der Waals surface area contributed by atoms with Crippen LogP contribution in [0.25, 0.3) is 0 Å². The van der Waals surface area contributed by atoms with Gasteiger partial charge in [0.2, 0.25) is 11.8 Å². The van der Waals surface area contributed by atoms with Crippen LogP contribution >= 0.6 is 0 Å². The first-order chi connectivity index (χ1) is 9.94. The highest BCUT2D eigenvalue weighted by Gasteiger charge is 2.23. The Balaban J connectivity index is 1.78. The first-order valence-electron chi connectivity index (χ1n) is 6.98. The number of likely N-dealkylation sites (N-methyl/N-ethyl adjacent to an activating group) is 1. The second-order valence-electron chi connectivity index (χ2n) is 5.55. The van der Waals surface area contributed by atoms with E-state index in [9.17, 15) is 14.0 Å². The van der Waals surface area contributed by atoms with E-state index in [4.69, 9.17) is 0 Å². The molecule has 2 amide bonds. The summed E-state index contributed by atoms with van der Waals surface area (Å²) in [4.78, 5) is 25.0. The molecule has 1 saturated carbocycles. The Bertz CT molecular complexity index is 544. The molecule has 2 rings (SSSR count). The van der Waals surface area contributed by atoms with Gasteiger partial charge in [-0.25, -0.2) is 4.39 Å². The lowest BCUT2D eigenvalue weighted by molar-refractivity contribution is -0.123. The molecule has 114 valence electrons. The fraction of sp³-hybridized carbons (Fsp3) is 0.467. The van der Waals surface area contributed by atoms with Crippen LogP contribution in [0.2, 0.25) is 0 Å². The largest absolute Gasteiger partial charge is 0.352 e. The van der Waals surface area contributed by atoms with Crippen LogP contribution in [0.4, 0.5) is 10.1 Å². The average molecular weight is 293 g/mol. The molecule has 0 atom stereocenters. The molecule has 21 heavy (non-hydrogen) atoms. The number of rotatable bonds is 6. The van der Waals surface area contributed by atoms with Gasteiger partial charge in [-0.1, -0.05) is 6.07 Å².